The lowest BCUT2D eigenvalue weighted by molar-refractivity contribution is 0.131. The van der Waals surface area contributed by atoms with Crippen LogP contribution in [0.15, 0.2) is 12.4 Å². The van der Waals surface area contributed by atoms with Crippen LogP contribution in [0.5, 0.6) is 0 Å². The third kappa shape index (κ3) is 1.73. The maximum Gasteiger partial charge on any atom is 0.407 e. The van der Waals surface area contributed by atoms with Gasteiger partial charge in [0, 0.05) is 12.4 Å². The van der Waals surface area contributed by atoms with Gasteiger partial charge in [-0.1, -0.05) is 0 Å². The summed E-state index contributed by atoms with van der Waals surface area (Å²) in [6.07, 6.45) is 3.80. The van der Waals surface area contributed by atoms with E-state index in [1.807, 2.05) is 0 Å². The molecule has 2 rings (SSSR count). The summed E-state index contributed by atoms with van der Waals surface area (Å²) in [7, 11) is 0. The molecule has 1 saturated heterocycles. The molecule has 4 heteroatoms. The Hall–Kier alpha value is -1.45. The van der Waals surface area contributed by atoms with E-state index in [0.29, 0.717) is 6.54 Å². The fraction of sp³-hybridized carbons (Fsp3) is 0.500. The molecule has 0 radical (unpaired) electrons. The monoisotopic (exact) mass is 194 g/mol. The van der Waals surface area contributed by atoms with Crippen LogP contribution in [0.3, 0.4) is 0 Å². The molecule has 1 fully saturated rings. The summed E-state index contributed by atoms with van der Waals surface area (Å²) in [5.41, 5.74) is 2.53. The highest BCUT2D eigenvalue weighted by Gasteiger charge is 2.22. The van der Waals surface area contributed by atoms with Gasteiger partial charge < -0.3 is 14.6 Å². The molecule has 1 aliphatic heterocycles. The van der Waals surface area contributed by atoms with Crippen LogP contribution < -0.4 is 5.32 Å². The van der Waals surface area contributed by atoms with Crippen LogP contribution in [0.4, 0.5) is 4.79 Å². The van der Waals surface area contributed by atoms with Crippen molar-refractivity contribution in [1.82, 2.24) is 9.88 Å². The average Bonchev–Trinajstić information content (AvgIpc) is 2.62. The smallest absolute Gasteiger partial charge is 0.407 e. The van der Waals surface area contributed by atoms with E-state index in [9.17, 15) is 4.79 Å². The first-order chi connectivity index (χ1) is 6.65. The minimum atomic E-state index is -0.310. The first-order valence-electron chi connectivity index (χ1n) is 4.72. The number of nitrogens with one attached hydrogen (secondary N) is 1. The lowest BCUT2D eigenvalue weighted by Gasteiger charge is -2.08. The zero-order valence-corrected chi connectivity index (χ0v) is 8.41. The SMILES string of the molecule is Cc1cn(CC2CNC(=O)O2)cc1C. The van der Waals surface area contributed by atoms with Gasteiger partial charge in [0.2, 0.25) is 0 Å². The van der Waals surface area contributed by atoms with Crippen LogP contribution in [0.25, 0.3) is 0 Å². The third-order valence-electron chi connectivity index (χ3n) is 2.50. The molecule has 0 saturated carbocycles. The molecule has 0 aliphatic carbocycles. The van der Waals surface area contributed by atoms with Crippen molar-refractivity contribution in [3.63, 3.8) is 0 Å². The van der Waals surface area contributed by atoms with Gasteiger partial charge in [-0.05, 0) is 25.0 Å². The molecular weight excluding hydrogens is 180 g/mol. The largest absolute Gasteiger partial charge is 0.442 e. The van der Waals surface area contributed by atoms with Crippen LogP contribution in [0.1, 0.15) is 11.1 Å². The van der Waals surface area contributed by atoms with E-state index >= 15 is 0 Å². The predicted molar refractivity (Wildman–Crippen MR) is 52.2 cm³/mol. The Labute approximate surface area is 82.9 Å². The lowest BCUT2D eigenvalue weighted by atomic mass is 10.2. The van der Waals surface area contributed by atoms with Crippen molar-refractivity contribution in [1.29, 1.82) is 0 Å². The number of cyclic esters (lactones) is 1. The maximum absolute atomic E-state index is 10.8. The van der Waals surface area contributed by atoms with Crippen LogP contribution in [-0.2, 0) is 11.3 Å². The molecule has 1 amide bonds. The molecule has 1 aliphatic rings. The van der Waals surface area contributed by atoms with Crippen molar-refractivity contribution in [3.8, 4) is 0 Å². The molecule has 1 atom stereocenters. The molecular formula is C10H14N2O2. The Morgan fingerprint density at radius 1 is 1.50 bits per heavy atom. The van der Waals surface area contributed by atoms with Crippen LogP contribution in [0.2, 0.25) is 0 Å². The van der Waals surface area contributed by atoms with Crippen LogP contribution in [-0.4, -0.2) is 23.3 Å². The number of hydrogen-bond acceptors (Lipinski definition) is 2. The van der Waals surface area contributed by atoms with Gasteiger partial charge in [-0.2, -0.15) is 0 Å². The van der Waals surface area contributed by atoms with E-state index in [1.165, 1.54) is 11.1 Å². The Kier molecular flexibility index (Phi) is 2.19. The van der Waals surface area contributed by atoms with Gasteiger partial charge >= 0.3 is 6.09 Å². The molecule has 4 nitrogen and oxygen atoms in total. The molecule has 1 unspecified atom stereocenters. The topological polar surface area (TPSA) is 43.3 Å². The molecule has 1 N–H and O–H groups in total. The average molecular weight is 194 g/mol. The number of nitrogens with zero attached hydrogens (tertiary/aromatic N) is 1. The fourth-order valence-electron chi connectivity index (χ4n) is 1.61. The van der Waals surface area contributed by atoms with E-state index in [2.05, 4.69) is 36.1 Å². The summed E-state index contributed by atoms with van der Waals surface area (Å²) in [6, 6.07) is 0. The fourth-order valence-corrected chi connectivity index (χ4v) is 1.61. The Balaban J connectivity index is 2.00. The van der Waals surface area contributed by atoms with Crippen molar-refractivity contribution >= 4 is 6.09 Å². The number of alkyl carbamates (subject to hydrolysis) is 1. The number of amides is 1. The predicted octanol–water partition coefficient (Wildman–Crippen LogP) is 1.21. The Bertz CT molecular complexity index is 338. The lowest BCUT2D eigenvalue weighted by Crippen LogP contribution is -2.19. The molecule has 0 spiro atoms. The number of carbonyl (C=O) groups excluding carboxylic acids is 1. The summed E-state index contributed by atoms with van der Waals surface area (Å²) in [5, 5.41) is 2.64. The van der Waals surface area contributed by atoms with Crippen molar-refractivity contribution < 1.29 is 9.53 Å². The van der Waals surface area contributed by atoms with E-state index in [4.69, 9.17) is 4.74 Å². The second-order valence-electron chi connectivity index (χ2n) is 3.73. The molecule has 14 heavy (non-hydrogen) atoms. The van der Waals surface area contributed by atoms with Crippen molar-refractivity contribution in [2.75, 3.05) is 6.54 Å². The molecule has 1 aromatic rings. The minimum Gasteiger partial charge on any atom is -0.442 e. The number of carbonyl (C=O) groups is 1. The molecule has 0 aromatic carbocycles. The van der Waals surface area contributed by atoms with Gasteiger partial charge in [-0.3, -0.25) is 0 Å². The summed E-state index contributed by atoms with van der Waals surface area (Å²) in [5.74, 6) is 0. The molecule has 76 valence electrons. The summed E-state index contributed by atoms with van der Waals surface area (Å²) < 4.78 is 7.11. The first-order valence-corrected chi connectivity index (χ1v) is 4.72. The van der Waals surface area contributed by atoms with Crippen LogP contribution >= 0.6 is 0 Å². The summed E-state index contributed by atoms with van der Waals surface area (Å²) in [6.45, 7) is 5.48. The quantitative estimate of drug-likeness (QED) is 0.769. The van der Waals surface area contributed by atoms with Gasteiger partial charge in [-0.15, -0.1) is 0 Å². The minimum absolute atomic E-state index is 0.0336. The number of rotatable bonds is 2. The highest BCUT2D eigenvalue weighted by Crippen LogP contribution is 2.10. The number of aromatic nitrogens is 1. The number of hydrogen-bond donors (Lipinski definition) is 1. The van der Waals surface area contributed by atoms with Gasteiger partial charge in [0.1, 0.15) is 6.10 Å². The normalized spacial score (nSPS) is 20.7. The first kappa shape index (κ1) is 9.12. The van der Waals surface area contributed by atoms with Gasteiger partial charge in [0.25, 0.3) is 0 Å². The van der Waals surface area contributed by atoms with Gasteiger partial charge in [0.05, 0.1) is 13.1 Å². The van der Waals surface area contributed by atoms with Crippen molar-refractivity contribution in [2.45, 2.75) is 26.5 Å². The van der Waals surface area contributed by atoms with E-state index in [0.717, 1.165) is 6.54 Å². The number of aryl methyl sites for hydroxylation is 2. The van der Waals surface area contributed by atoms with Gasteiger partial charge in [0.15, 0.2) is 0 Å². The Morgan fingerprint density at radius 2 is 2.14 bits per heavy atom. The highest BCUT2D eigenvalue weighted by molar-refractivity contribution is 5.69. The zero-order chi connectivity index (χ0) is 10.1. The van der Waals surface area contributed by atoms with E-state index in [-0.39, 0.29) is 12.2 Å². The zero-order valence-electron chi connectivity index (χ0n) is 8.41. The summed E-state index contributed by atoms with van der Waals surface area (Å²) in [4.78, 5) is 10.8. The van der Waals surface area contributed by atoms with E-state index < -0.39 is 0 Å². The third-order valence-corrected chi connectivity index (χ3v) is 2.50. The van der Waals surface area contributed by atoms with Gasteiger partial charge in [-0.25, -0.2) is 4.79 Å². The Morgan fingerprint density at radius 3 is 2.64 bits per heavy atom. The highest BCUT2D eigenvalue weighted by atomic mass is 16.6. The molecule has 1 aromatic heterocycles. The van der Waals surface area contributed by atoms with Crippen molar-refractivity contribution in [3.05, 3.63) is 23.5 Å². The molecule has 2 heterocycles. The maximum atomic E-state index is 10.8. The van der Waals surface area contributed by atoms with Crippen LogP contribution in [0, 0.1) is 13.8 Å². The molecule has 0 bridgehead atoms. The standard InChI is InChI=1S/C10H14N2O2/c1-7-4-12(5-8(7)2)6-9-3-11-10(13)14-9/h4-5,9H,3,6H2,1-2H3,(H,11,13). The van der Waals surface area contributed by atoms with Crippen molar-refractivity contribution in [2.24, 2.45) is 0 Å². The second kappa shape index (κ2) is 3.36. The van der Waals surface area contributed by atoms with E-state index in [1.54, 1.807) is 0 Å². The second-order valence-corrected chi connectivity index (χ2v) is 3.73. The number of ether oxygens (including phenoxy) is 1. The summed E-state index contributed by atoms with van der Waals surface area (Å²) >= 11 is 0.